The Balaban J connectivity index is 1.53. The van der Waals surface area contributed by atoms with Crippen LogP contribution in [0.25, 0.3) is 11.3 Å². The standard InChI is InChI=1S/C24H21N3O/c1-17-15-22-19-11-5-7-13-21(19)25-24(27(22)26-17)20-12-6-8-14-23(20)28-16-18-9-3-2-4-10-18/h2-15,24-25H,16H2,1H3. The third kappa shape index (κ3) is 2.93. The number of ether oxygens (including phenoxy) is 1. The Labute approximate surface area is 164 Å². The maximum atomic E-state index is 6.21. The van der Waals surface area contributed by atoms with Gasteiger partial charge < -0.3 is 10.1 Å². The smallest absolute Gasteiger partial charge is 0.150 e. The number of hydrogen-bond donors (Lipinski definition) is 1. The SMILES string of the molecule is Cc1cc2n(n1)C(c1ccccc1OCc1ccccc1)Nc1ccccc1-2. The molecule has 4 nitrogen and oxygen atoms in total. The van der Waals surface area contributed by atoms with Gasteiger partial charge in [0, 0.05) is 16.8 Å². The van der Waals surface area contributed by atoms with E-state index in [4.69, 9.17) is 9.84 Å². The lowest BCUT2D eigenvalue weighted by atomic mass is 10.0. The fourth-order valence-corrected chi connectivity index (χ4v) is 3.74. The van der Waals surface area contributed by atoms with Crippen LogP contribution in [0.5, 0.6) is 5.75 Å². The second kappa shape index (κ2) is 6.89. The highest BCUT2D eigenvalue weighted by Gasteiger charge is 2.28. The Hall–Kier alpha value is -3.53. The number of nitrogens with one attached hydrogen (secondary N) is 1. The van der Waals surface area contributed by atoms with Crippen LogP contribution in [0.4, 0.5) is 5.69 Å². The molecule has 2 heterocycles. The van der Waals surface area contributed by atoms with Crippen LogP contribution >= 0.6 is 0 Å². The molecule has 0 radical (unpaired) electrons. The summed E-state index contributed by atoms with van der Waals surface area (Å²) in [4.78, 5) is 0. The summed E-state index contributed by atoms with van der Waals surface area (Å²) in [6, 6.07) is 28.9. The van der Waals surface area contributed by atoms with Crippen molar-refractivity contribution in [3.05, 3.63) is 102 Å². The summed E-state index contributed by atoms with van der Waals surface area (Å²) in [6.45, 7) is 2.56. The van der Waals surface area contributed by atoms with Crippen molar-refractivity contribution in [1.82, 2.24) is 9.78 Å². The fourth-order valence-electron chi connectivity index (χ4n) is 3.74. The predicted octanol–water partition coefficient (Wildman–Crippen LogP) is 5.41. The number of anilines is 1. The van der Waals surface area contributed by atoms with Crippen molar-refractivity contribution in [2.75, 3.05) is 5.32 Å². The zero-order valence-corrected chi connectivity index (χ0v) is 15.7. The number of rotatable bonds is 4. The van der Waals surface area contributed by atoms with Crippen molar-refractivity contribution in [1.29, 1.82) is 0 Å². The molecule has 0 spiro atoms. The second-order valence-corrected chi connectivity index (χ2v) is 7.02. The van der Waals surface area contributed by atoms with Gasteiger partial charge in [-0.1, -0.05) is 66.7 Å². The lowest BCUT2D eigenvalue weighted by Crippen LogP contribution is -2.26. The number of aryl methyl sites for hydroxylation is 1. The first kappa shape index (κ1) is 16.6. The Morgan fingerprint density at radius 2 is 1.68 bits per heavy atom. The molecule has 1 aliphatic heterocycles. The van der Waals surface area contributed by atoms with Gasteiger partial charge in [-0.05, 0) is 30.7 Å². The molecule has 0 aliphatic carbocycles. The zero-order chi connectivity index (χ0) is 18.9. The fraction of sp³-hybridized carbons (Fsp3) is 0.125. The van der Waals surface area contributed by atoms with Crippen LogP contribution in [-0.2, 0) is 6.61 Å². The van der Waals surface area contributed by atoms with Gasteiger partial charge in [0.1, 0.15) is 12.4 Å². The van der Waals surface area contributed by atoms with E-state index in [-0.39, 0.29) is 6.17 Å². The predicted molar refractivity (Wildman–Crippen MR) is 111 cm³/mol. The lowest BCUT2D eigenvalue weighted by molar-refractivity contribution is 0.299. The highest BCUT2D eigenvalue weighted by Crippen LogP contribution is 2.40. The van der Waals surface area contributed by atoms with Gasteiger partial charge in [0.05, 0.1) is 11.4 Å². The van der Waals surface area contributed by atoms with E-state index in [2.05, 4.69) is 58.5 Å². The van der Waals surface area contributed by atoms with Gasteiger partial charge in [0.25, 0.3) is 0 Å². The van der Waals surface area contributed by atoms with E-state index in [0.29, 0.717) is 6.61 Å². The highest BCUT2D eigenvalue weighted by molar-refractivity contribution is 5.78. The summed E-state index contributed by atoms with van der Waals surface area (Å²) < 4.78 is 8.26. The minimum absolute atomic E-state index is 0.120. The van der Waals surface area contributed by atoms with Crippen molar-refractivity contribution in [3.8, 4) is 17.0 Å². The average Bonchev–Trinajstić information content (AvgIpc) is 3.14. The minimum Gasteiger partial charge on any atom is -0.488 e. The molecule has 3 aromatic carbocycles. The number of nitrogens with zero attached hydrogens (tertiary/aromatic N) is 2. The van der Waals surface area contributed by atoms with Gasteiger partial charge in [-0.15, -0.1) is 0 Å². The van der Waals surface area contributed by atoms with Crippen LogP contribution in [0.15, 0.2) is 84.9 Å². The summed E-state index contributed by atoms with van der Waals surface area (Å²) in [5.41, 5.74) is 6.61. The number of aromatic nitrogens is 2. The highest BCUT2D eigenvalue weighted by atomic mass is 16.5. The third-order valence-corrected chi connectivity index (χ3v) is 5.05. The molecular formula is C24H21N3O. The van der Waals surface area contributed by atoms with Crippen molar-refractivity contribution < 1.29 is 4.74 Å². The molecule has 138 valence electrons. The molecular weight excluding hydrogens is 346 g/mol. The van der Waals surface area contributed by atoms with Crippen LogP contribution in [0.2, 0.25) is 0 Å². The minimum atomic E-state index is -0.120. The number of benzene rings is 3. The van der Waals surface area contributed by atoms with Crippen molar-refractivity contribution in [2.45, 2.75) is 19.7 Å². The first-order valence-corrected chi connectivity index (χ1v) is 9.47. The molecule has 0 bridgehead atoms. The van der Waals surface area contributed by atoms with Gasteiger partial charge in [0.15, 0.2) is 6.17 Å². The van der Waals surface area contributed by atoms with E-state index >= 15 is 0 Å². The molecule has 1 aliphatic rings. The summed E-state index contributed by atoms with van der Waals surface area (Å²) in [7, 11) is 0. The topological polar surface area (TPSA) is 39.1 Å². The average molecular weight is 367 g/mol. The van der Waals surface area contributed by atoms with Gasteiger partial charge in [-0.2, -0.15) is 5.10 Å². The molecule has 28 heavy (non-hydrogen) atoms. The van der Waals surface area contributed by atoms with E-state index in [1.807, 2.05) is 43.3 Å². The molecule has 0 saturated carbocycles. The van der Waals surface area contributed by atoms with Crippen LogP contribution in [0.1, 0.15) is 23.0 Å². The normalized spacial score (nSPS) is 14.7. The Morgan fingerprint density at radius 1 is 0.929 bits per heavy atom. The van der Waals surface area contributed by atoms with Crippen molar-refractivity contribution in [2.24, 2.45) is 0 Å². The number of hydrogen-bond acceptors (Lipinski definition) is 3. The van der Waals surface area contributed by atoms with E-state index < -0.39 is 0 Å². The van der Waals surface area contributed by atoms with Crippen LogP contribution in [-0.4, -0.2) is 9.78 Å². The summed E-state index contributed by atoms with van der Waals surface area (Å²) >= 11 is 0. The monoisotopic (exact) mass is 367 g/mol. The van der Waals surface area contributed by atoms with Crippen LogP contribution in [0.3, 0.4) is 0 Å². The Kier molecular flexibility index (Phi) is 4.09. The Morgan fingerprint density at radius 3 is 2.57 bits per heavy atom. The van der Waals surface area contributed by atoms with Gasteiger partial charge in [0.2, 0.25) is 0 Å². The number of fused-ring (bicyclic) bond motifs is 3. The number of para-hydroxylation sites is 2. The van der Waals surface area contributed by atoms with Gasteiger partial charge in [-0.3, -0.25) is 0 Å². The molecule has 1 atom stereocenters. The zero-order valence-electron chi connectivity index (χ0n) is 15.7. The van der Waals surface area contributed by atoms with Crippen LogP contribution < -0.4 is 10.1 Å². The third-order valence-electron chi connectivity index (χ3n) is 5.05. The molecule has 4 heteroatoms. The molecule has 0 amide bonds. The summed E-state index contributed by atoms with van der Waals surface area (Å²) in [5.74, 6) is 0.863. The van der Waals surface area contributed by atoms with E-state index in [1.54, 1.807) is 0 Å². The van der Waals surface area contributed by atoms with E-state index in [0.717, 1.165) is 34.0 Å². The summed E-state index contributed by atoms with van der Waals surface area (Å²) in [6.07, 6.45) is -0.120. The molecule has 4 aromatic rings. The molecule has 0 fully saturated rings. The van der Waals surface area contributed by atoms with Crippen molar-refractivity contribution >= 4 is 5.69 Å². The molecule has 1 aromatic heterocycles. The quantitative estimate of drug-likeness (QED) is 0.524. The lowest BCUT2D eigenvalue weighted by Gasteiger charge is -2.30. The van der Waals surface area contributed by atoms with E-state index in [1.165, 1.54) is 5.56 Å². The first-order valence-electron chi connectivity index (χ1n) is 9.47. The molecule has 5 rings (SSSR count). The van der Waals surface area contributed by atoms with Gasteiger partial charge in [-0.25, -0.2) is 4.68 Å². The van der Waals surface area contributed by atoms with E-state index in [9.17, 15) is 0 Å². The molecule has 1 N–H and O–H groups in total. The Bertz CT molecular complexity index is 1120. The maximum Gasteiger partial charge on any atom is 0.150 e. The molecule has 0 saturated heterocycles. The van der Waals surface area contributed by atoms with Crippen molar-refractivity contribution in [3.63, 3.8) is 0 Å². The summed E-state index contributed by atoms with van der Waals surface area (Å²) in [5, 5.41) is 8.41. The van der Waals surface area contributed by atoms with Crippen LogP contribution in [0, 0.1) is 6.92 Å². The largest absolute Gasteiger partial charge is 0.488 e. The molecule has 1 unspecified atom stereocenters. The van der Waals surface area contributed by atoms with Gasteiger partial charge >= 0.3 is 0 Å². The second-order valence-electron chi connectivity index (χ2n) is 7.02. The first-order chi connectivity index (χ1) is 13.8. The maximum absolute atomic E-state index is 6.21.